The average molecular weight is 207 g/mol. The summed E-state index contributed by atoms with van der Waals surface area (Å²) in [6.07, 6.45) is 0.813. The summed E-state index contributed by atoms with van der Waals surface area (Å²) in [6, 6.07) is 5.99. The molecule has 0 aromatic carbocycles. The zero-order chi connectivity index (χ0) is 9.97. The number of pyridine rings is 1. The minimum atomic E-state index is 0.203. The molecule has 1 aliphatic heterocycles. The molecule has 0 amide bonds. The lowest BCUT2D eigenvalue weighted by Gasteiger charge is -2.06. The first-order chi connectivity index (χ1) is 6.75. The van der Waals surface area contributed by atoms with Gasteiger partial charge in [0.25, 0.3) is 0 Å². The van der Waals surface area contributed by atoms with Crippen molar-refractivity contribution in [1.82, 2.24) is 4.98 Å². The third kappa shape index (κ3) is 2.15. The van der Waals surface area contributed by atoms with Gasteiger partial charge in [-0.2, -0.15) is 11.8 Å². The van der Waals surface area contributed by atoms with Crippen molar-refractivity contribution in [3.8, 4) is 0 Å². The van der Waals surface area contributed by atoms with Crippen LogP contribution in [0.1, 0.15) is 11.4 Å². The van der Waals surface area contributed by atoms with Gasteiger partial charge < -0.3 is 0 Å². The molecule has 0 aliphatic carbocycles. The molecule has 0 spiro atoms. The minimum Gasteiger partial charge on any atom is -0.298 e. The molecule has 0 saturated carbocycles. The largest absolute Gasteiger partial charge is 0.298 e. The highest BCUT2D eigenvalue weighted by Crippen LogP contribution is 2.23. The SMILES string of the molecule is Cc1cccc(CC2CSCC2=O)n1. The second-order valence-corrected chi connectivity index (χ2v) is 4.68. The normalized spacial score (nSPS) is 21.5. The summed E-state index contributed by atoms with van der Waals surface area (Å²) in [7, 11) is 0. The number of ketones is 1. The zero-order valence-electron chi connectivity index (χ0n) is 8.19. The number of nitrogens with zero attached hydrogens (tertiary/aromatic N) is 1. The fourth-order valence-corrected chi connectivity index (χ4v) is 2.79. The van der Waals surface area contributed by atoms with Gasteiger partial charge in [0.1, 0.15) is 5.78 Å². The second kappa shape index (κ2) is 4.13. The van der Waals surface area contributed by atoms with Gasteiger partial charge in [-0.1, -0.05) is 6.07 Å². The lowest BCUT2D eigenvalue weighted by Crippen LogP contribution is -2.14. The molecule has 1 aromatic rings. The Morgan fingerprint density at radius 1 is 1.57 bits per heavy atom. The summed E-state index contributed by atoms with van der Waals surface area (Å²) in [5, 5.41) is 0. The van der Waals surface area contributed by atoms with Gasteiger partial charge in [-0.05, 0) is 19.1 Å². The molecule has 2 rings (SSSR count). The number of carbonyl (C=O) groups is 1. The van der Waals surface area contributed by atoms with E-state index in [-0.39, 0.29) is 5.92 Å². The second-order valence-electron chi connectivity index (χ2n) is 3.65. The van der Waals surface area contributed by atoms with Crippen LogP contribution in [0.5, 0.6) is 0 Å². The highest BCUT2D eigenvalue weighted by Gasteiger charge is 2.25. The first-order valence-electron chi connectivity index (χ1n) is 4.78. The number of hydrogen-bond acceptors (Lipinski definition) is 3. The summed E-state index contributed by atoms with van der Waals surface area (Å²) in [5.74, 6) is 2.25. The fourth-order valence-electron chi connectivity index (χ4n) is 1.65. The van der Waals surface area contributed by atoms with Gasteiger partial charge in [0.2, 0.25) is 0 Å². The molecular formula is C11H13NOS. The van der Waals surface area contributed by atoms with Crippen molar-refractivity contribution < 1.29 is 4.79 Å². The van der Waals surface area contributed by atoms with E-state index in [4.69, 9.17) is 0 Å². The Bertz CT molecular complexity index is 351. The molecule has 1 atom stereocenters. The first-order valence-corrected chi connectivity index (χ1v) is 5.94. The maximum atomic E-state index is 11.4. The fraction of sp³-hybridized carbons (Fsp3) is 0.455. The van der Waals surface area contributed by atoms with E-state index in [2.05, 4.69) is 4.98 Å². The molecule has 0 bridgehead atoms. The van der Waals surface area contributed by atoms with Gasteiger partial charge in [-0.15, -0.1) is 0 Å². The zero-order valence-corrected chi connectivity index (χ0v) is 9.01. The summed E-state index contributed by atoms with van der Waals surface area (Å²) in [5.41, 5.74) is 2.08. The quantitative estimate of drug-likeness (QED) is 0.741. The third-order valence-corrected chi connectivity index (χ3v) is 3.55. The van der Waals surface area contributed by atoms with Crippen LogP contribution in [0.15, 0.2) is 18.2 Å². The van der Waals surface area contributed by atoms with E-state index in [1.165, 1.54) is 0 Å². The highest BCUT2D eigenvalue weighted by molar-refractivity contribution is 8.00. The van der Waals surface area contributed by atoms with Crippen LogP contribution in [0.25, 0.3) is 0 Å². The van der Waals surface area contributed by atoms with Crippen molar-refractivity contribution >= 4 is 17.5 Å². The van der Waals surface area contributed by atoms with Crippen LogP contribution in [-0.2, 0) is 11.2 Å². The lowest BCUT2D eigenvalue weighted by atomic mass is 10.0. The molecule has 0 N–H and O–H groups in total. The van der Waals surface area contributed by atoms with E-state index < -0.39 is 0 Å². The molecule has 3 heteroatoms. The summed E-state index contributed by atoms with van der Waals surface area (Å²) < 4.78 is 0. The molecule has 1 aromatic heterocycles. The van der Waals surface area contributed by atoms with Crippen LogP contribution < -0.4 is 0 Å². The van der Waals surface area contributed by atoms with Crippen LogP contribution in [-0.4, -0.2) is 22.3 Å². The molecular weight excluding hydrogens is 194 g/mol. The van der Waals surface area contributed by atoms with Crippen molar-refractivity contribution in [2.24, 2.45) is 5.92 Å². The molecule has 1 aliphatic rings. The topological polar surface area (TPSA) is 30.0 Å². The van der Waals surface area contributed by atoms with Gasteiger partial charge in [0.15, 0.2) is 0 Å². The Kier molecular flexibility index (Phi) is 2.87. The van der Waals surface area contributed by atoms with Gasteiger partial charge in [0, 0.05) is 29.5 Å². The monoisotopic (exact) mass is 207 g/mol. The van der Waals surface area contributed by atoms with Crippen molar-refractivity contribution in [2.75, 3.05) is 11.5 Å². The first kappa shape index (κ1) is 9.71. The maximum Gasteiger partial charge on any atom is 0.147 e. The number of carbonyl (C=O) groups excluding carboxylic acids is 1. The summed E-state index contributed by atoms with van der Waals surface area (Å²) in [6.45, 7) is 1.98. The molecule has 2 heterocycles. The Hall–Kier alpha value is -0.830. The van der Waals surface area contributed by atoms with Gasteiger partial charge in [-0.3, -0.25) is 9.78 Å². The molecule has 74 valence electrons. The Morgan fingerprint density at radius 2 is 2.43 bits per heavy atom. The van der Waals surface area contributed by atoms with E-state index in [9.17, 15) is 4.79 Å². The highest BCUT2D eigenvalue weighted by atomic mass is 32.2. The van der Waals surface area contributed by atoms with E-state index in [1.54, 1.807) is 11.8 Å². The Labute approximate surface area is 88.1 Å². The number of aryl methyl sites for hydroxylation is 1. The Balaban J connectivity index is 2.07. The molecule has 0 radical (unpaired) electrons. The van der Waals surface area contributed by atoms with Crippen LogP contribution >= 0.6 is 11.8 Å². The van der Waals surface area contributed by atoms with Crippen molar-refractivity contribution in [3.05, 3.63) is 29.6 Å². The lowest BCUT2D eigenvalue weighted by molar-refractivity contribution is -0.119. The van der Waals surface area contributed by atoms with Crippen LogP contribution in [0.3, 0.4) is 0 Å². The maximum absolute atomic E-state index is 11.4. The van der Waals surface area contributed by atoms with E-state index in [0.717, 1.165) is 23.6 Å². The number of Topliss-reactive ketones (excluding diaryl/α,β-unsaturated/α-hetero) is 1. The number of rotatable bonds is 2. The van der Waals surface area contributed by atoms with Crippen LogP contribution in [0.2, 0.25) is 0 Å². The number of aromatic nitrogens is 1. The molecule has 2 nitrogen and oxygen atoms in total. The minimum absolute atomic E-state index is 0.203. The average Bonchev–Trinajstić information content (AvgIpc) is 2.52. The predicted octanol–water partition coefficient (Wildman–Crippen LogP) is 1.86. The van der Waals surface area contributed by atoms with Gasteiger partial charge in [0.05, 0.1) is 5.75 Å². The van der Waals surface area contributed by atoms with E-state index >= 15 is 0 Å². The molecule has 1 saturated heterocycles. The molecule has 1 unspecified atom stereocenters. The summed E-state index contributed by atoms with van der Waals surface area (Å²) in [4.78, 5) is 15.8. The number of hydrogen-bond donors (Lipinski definition) is 0. The van der Waals surface area contributed by atoms with E-state index in [0.29, 0.717) is 11.5 Å². The van der Waals surface area contributed by atoms with Gasteiger partial charge >= 0.3 is 0 Å². The molecule has 1 fully saturated rings. The van der Waals surface area contributed by atoms with Crippen LogP contribution in [0.4, 0.5) is 0 Å². The Morgan fingerprint density at radius 3 is 3.07 bits per heavy atom. The smallest absolute Gasteiger partial charge is 0.147 e. The van der Waals surface area contributed by atoms with Crippen molar-refractivity contribution in [3.63, 3.8) is 0 Å². The van der Waals surface area contributed by atoms with Gasteiger partial charge in [-0.25, -0.2) is 0 Å². The summed E-state index contributed by atoms with van der Waals surface area (Å²) >= 11 is 1.74. The number of thioether (sulfide) groups is 1. The standard InChI is InChI=1S/C11H13NOS/c1-8-3-2-4-10(12-8)5-9-6-14-7-11(9)13/h2-4,9H,5-7H2,1H3. The third-order valence-electron chi connectivity index (χ3n) is 2.42. The van der Waals surface area contributed by atoms with E-state index in [1.807, 2.05) is 25.1 Å². The van der Waals surface area contributed by atoms with Crippen LogP contribution in [0, 0.1) is 12.8 Å². The predicted molar refractivity (Wildman–Crippen MR) is 58.5 cm³/mol. The van der Waals surface area contributed by atoms with Crippen molar-refractivity contribution in [2.45, 2.75) is 13.3 Å². The molecule has 14 heavy (non-hydrogen) atoms. The van der Waals surface area contributed by atoms with Crippen molar-refractivity contribution in [1.29, 1.82) is 0 Å².